The van der Waals surface area contributed by atoms with Gasteiger partial charge in [-0.3, -0.25) is 0 Å². The molecule has 27 heavy (non-hydrogen) atoms. The zero-order valence-corrected chi connectivity index (χ0v) is 14.9. The maximum atomic E-state index is 12.8. The van der Waals surface area contributed by atoms with E-state index < -0.39 is 6.36 Å². The maximum Gasteiger partial charge on any atom is 0.573 e. The Hall–Kier alpha value is -2.39. The molecule has 1 saturated heterocycles. The molecule has 0 bridgehead atoms. The van der Waals surface area contributed by atoms with Gasteiger partial charge in [-0.15, -0.1) is 13.2 Å². The Morgan fingerprint density at radius 3 is 2.70 bits per heavy atom. The van der Waals surface area contributed by atoms with Crippen LogP contribution in [0, 0.1) is 6.92 Å². The van der Waals surface area contributed by atoms with Crippen molar-refractivity contribution in [3.63, 3.8) is 0 Å². The molecule has 1 aliphatic heterocycles. The fourth-order valence-electron chi connectivity index (χ4n) is 3.17. The molecule has 2 aromatic heterocycles. The average Bonchev–Trinajstić information content (AvgIpc) is 3.21. The molecule has 1 aliphatic rings. The predicted octanol–water partition coefficient (Wildman–Crippen LogP) is 4.32. The van der Waals surface area contributed by atoms with Crippen LogP contribution in [0.15, 0.2) is 24.3 Å². The van der Waals surface area contributed by atoms with Crippen molar-refractivity contribution in [1.82, 2.24) is 19.5 Å². The number of imidazole rings is 1. The van der Waals surface area contributed by atoms with Gasteiger partial charge < -0.3 is 14.0 Å². The van der Waals surface area contributed by atoms with Crippen LogP contribution in [0.4, 0.5) is 13.2 Å². The molecule has 142 valence electrons. The summed E-state index contributed by atoms with van der Waals surface area (Å²) in [4.78, 5) is 13.0. The van der Waals surface area contributed by atoms with E-state index in [4.69, 9.17) is 16.3 Å². The quantitative estimate of drug-likeness (QED) is 0.615. The number of hydrogen-bond donors (Lipinski definition) is 0. The normalized spacial score (nSPS) is 17.6. The first-order valence-corrected chi connectivity index (χ1v) is 8.56. The third-order valence-electron chi connectivity index (χ3n) is 4.23. The smallest absolute Gasteiger partial charge is 0.405 e. The number of fused-ring (bicyclic) bond motifs is 1. The second-order valence-electron chi connectivity index (χ2n) is 6.10. The standard InChI is InChI=1S/C17H14ClF3N4O2/c1-9-22-14(18)13-16(23-9)25(10-6-7-26-8-10)15(24-13)11-4-2-3-5-12(11)27-17(19,20)21/h2-5,10H,6-8H2,1H3. The molecule has 0 amide bonds. The highest BCUT2D eigenvalue weighted by molar-refractivity contribution is 6.33. The van der Waals surface area contributed by atoms with E-state index in [1.807, 2.05) is 0 Å². The lowest BCUT2D eigenvalue weighted by atomic mass is 10.1. The maximum absolute atomic E-state index is 12.8. The lowest BCUT2D eigenvalue weighted by molar-refractivity contribution is -0.274. The highest BCUT2D eigenvalue weighted by Gasteiger charge is 2.34. The van der Waals surface area contributed by atoms with Crippen LogP contribution in [0.1, 0.15) is 18.3 Å². The van der Waals surface area contributed by atoms with Gasteiger partial charge in [0.2, 0.25) is 0 Å². The Bertz CT molecular complexity index is 1000. The monoisotopic (exact) mass is 398 g/mol. The molecule has 1 aromatic carbocycles. The summed E-state index contributed by atoms with van der Waals surface area (Å²) in [6.45, 7) is 2.64. The van der Waals surface area contributed by atoms with Crippen LogP contribution in [0.2, 0.25) is 5.15 Å². The first-order valence-electron chi connectivity index (χ1n) is 8.18. The number of aromatic nitrogens is 4. The lowest BCUT2D eigenvalue weighted by Gasteiger charge is -2.17. The van der Waals surface area contributed by atoms with Gasteiger partial charge in [-0.2, -0.15) is 0 Å². The van der Waals surface area contributed by atoms with Gasteiger partial charge in [-0.1, -0.05) is 23.7 Å². The Kier molecular flexibility index (Phi) is 4.43. The topological polar surface area (TPSA) is 62.1 Å². The van der Waals surface area contributed by atoms with E-state index >= 15 is 0 Å². The summed E-state index contributed by atoms with van der Waals surface area (Å²) < 4.78 is 50.0. The minimum Gasteiger partial charge on any atom is -0.405 e. The molecule has 0 aliphatic carbocycles. The Balaban J connectivity index is 1.97. The molecule has 1 atom stereocenters. The van der Waals surface area contributed by atoms with Gasteiger partial charge in [-0.25, -0.2) is 15.0 Å². The van der Waals surface area contributed by atoms with Gasteiger partial charge in [-0.05, 0) is 25.5 Å². The first-order chi connectivity index (χ1) is 12.8. The number of rotatable bonds is 3. The summed E-state index contributed by atoms with van der Waals surface area (Å²) >= 11 is 6.22. The van der Waals surface area contributed by atoms with E-state index in [0.717, 1.165) is 0 Å². The third kappa shape index (κ3) is 3.44. The summed E-state index contributed by atoms with van der Waals surface area (Å²) in [5.41, 5.74) is 0.972. The molecule has 10 heteroatoms. The van der Waals surface area contributed by atoms with Gasteiger partial charge in [0.25, 0.3) is 0 Å². The van der Waals surface area contributed by atoms with Gasteiger partial charge in [0.15, 0.2) is 10.8 Å². The number of benzene rings is 1. The van der Waals surface area contributed by atoms with Gasteiger partial charge in [0.1, 0.15) is 22.9 Å². The van der Waals surface area contributed by atoms with Crippen LogP contribution in [-0.4, -0.2) is 39.1 Å². The van der Waals surface area contributed by atoms with Crippen molar-refractivity contribution < 1.29 is 22.6 Å². The van der Waals surface area contributed by atoms with E-state index in [1.54, 1.807) is 17.6 Å². The van der Waals surface area contributed by atoms with Crippen molar-refractivity contribution in [1.29, 1.82) is 0 Å². The minimum atomic E-state index is -4.82. The Morgan fingerprint density at radius 1 is 1.22 bits per heavy atom. The van der Waals surface area contributed by atoms with Crippen LogP contribution in [0.25, 0.3) is 22.6 Å². The van der Waals surface area contributed by atoms with Crippen molar-refractivity contribution in [2.75, 3.05) is 13.2 Å². The molecule has 3 heterocycles. The molecule has 4 rings (SSSR count). The number of alkyl halides is 3. The highest BCUT2D eigenvalue weighted by Crippen LogP contribution is 2.38. The van der Waals surface area contributed by atoms with E-state index in [0.29, 0.717) is 36.6 Å². The SMILES string of the molecule is Cc1nc(Cl)c2nc(-c3ccccc3OC(F)(F)F)n(C3CCOC3)c2n1. The molecule has 0 N–H and O–H groups in total. The zero-order valence-electron chi connectivity index (χ0n) is 14.1. The van der Waals surface area contributed by atoms with Gasteiger partial charge >= 0.3 is 6.36 Å². The number of aryl methyl sites for hydroxylation is 1. The Morgan fingerprint density at radius 2 is 2.00 bits per heavy atom. The Labute approximate surface area is 156 Å². The summed E-state index contributed by atoms with van der Waals surface area (Å²) in [6.07, 6.45) is -4.14. The molecule has 0 saturated carbocycles. The average molecular weight is 399 g/mol. The number of ether oxygens (including phenoxy) is 2. The predicted molar refractivity (Wildman–Crippen MR) is 91.7 cm³/mol. The van der Waals surface area contributed by atoms with Crippen molar-refractivity contribution in [2.24, 2.45) is 0 Å². The van der Waals surface area contributed by atoms with E-state index in [1.165, 1.54) is 18.2 Å². The van der Waals surface area contributed by atoms with Crippen LogP contribution in [-0.2, 0) is 4.74 Å². The van der Waals surface area contributed by atoms with Crippen molar-refractivity contribution >= 4 is 22.8 Å². The second-order valence-corrected chi connectivity index (χ2v) is 6.46. The molecule has 1 fully saturated rings. The van der Waals surface area contributed by atoms with Crippen LogP contribution < -0.4 is 4.74 Å². The number of halogens is 4. The zero-order chi connectivity index (χ0) is 19.2. The van der Waals surface area contributed by atoms with Gasteiger partial charge in [0, 0.05) is 6.61 Å². The fraction of sp³-hybridized carbons (Fsp3) is 0.353. The number of para-hydroxylation sites is 1. The highest BCUT2D eigenvalue weighted by atomic mass is 35.5. The lowest BCUT2D eigenvalue weighted by Crippen LogP contribution is -2.18. The van der Waals surface area contributed by atoms with Crippen molar-refractivity contribution in [3.05, 3.63) is 35.2 Å². The van der Waals surface area contributed by atoms with E-state index in [9.17, 15) is 13.2 Å². The molecule has 0 radical (unpaired) electrons. The molecule has 1 unspecified atom stereocenters. The molecule has 6 nitrogen and oxygen atoms in total. The molecular formula is C17H14ClF3N4O2. The molecular weight excluding hydrogens is 385 g/mol. The summed E-state index contributed by atoms with van der Waals surface area (Å²) in [5, 5.41) is 0.144. The number of nitrogens with zero attached hydrogens (tertiary/aromatic N) is 4. The summed E-state index contributed by atoms with van der Waals surface area (Å²) in [5.74, 6) is 0.377. The fourth-order valence-corrected chi connectivity index (χ4v) is 3.42. The first kappa shape index (κ1) is 18.0. The minimum absolute atomic E-state index is 0.130. The summed E-state index contributed by atoms with van der Waals surface area (Å²) in [6, 6.07) is 5.72. The second kappa shape index (κ2) is 6.65. The van der Waals surface area contributed by atoms with E-state index in [2.05, 4.69) is 19.7 Å². The third-order valence-corrected chi connectivity index (χ3v) is 4.50. The van der Waals surface area contributed by atoms with Crippen LogP contribution in [0.3, 0.4) is 0 Å². The molecule has 0 spiro atoms. The molecule has 3 aromatic rings. The number of hydrogen-bond acceptors (Lipinski definition) is 5. The summed E-state index contributed by atoms with van der Waals surface area (Å²) in [7, 11) is 0. The van der Waals surface area contributed by atoms with Crippen molar-refractivity contribution in [2.45, 2.75) is 25.7 Å². The van der Waals surface area contributed by atoms with E-state index in [-0.39, 0.29) is 28.3 Å². The van der Waals surface area contributed by atoms with Crippen molar-refractivity contribution in [3.8, 4) is 17.1 Å². The van der Waals surface area contributed by atoms with Gasteiger partial charge in [0.05, 0.1) is 18.2 Å². The largest absolute Gasteiger partial charge is 0.573 e. The van der Waals surface area contributed by atoms with Crippen LogP contribution >= 0.6 is 11.6 Å². The van der Waals surface area contributed by atoms with Crippen LogP contribution in [0.5, 0.6) is 5.75 Å².